The van der Waals surface area contributed by atoms with Gasteiger partial charge in [0.05, 0.1) is 26.1 Å². The molecule has 5 heteroatoms. The minimum atomic E-state index is -0.683. The molecule has 0 aromatic heterocycles. The molecule has 1 heterocycles. The molecular formula is C22H25NO4. The molecule has 0 saturated carbocycles. The van der Waals surface area contributed by atoms with Gasteiger partial charge in [0.15, 0.2) is 0 Å². The van der Waals surface area contributed by atoms with Crippen molar-refractivity contribution < 1.29 is 19.1 Å². The van der Waals surface area contributed by atoms with Crippen LogP contribution in [0.3, 0.4) is 0 Å². The highest BCUT2D eigenvalue weighted by Crippen LogP contribution is 2.37. The Morgan fingerprint density at radius 3 is 2.22 bits per heavy atom. The maximum Gasteiger partial charge on any atom is 0.316 e. The summed E-state index contributed by atoms with van der Waals surface area (Å²) in [4.78, 5) is 27.2. The molecule has 2 aromatic carbocycles. The summed E-state index contributed by atoms with van der Waals surface area (Å²) in [5, 5.41) is 0. The Morgan fingerprint density at radius 1 is 0.963 bits per heavy atom. The second-order valence-electron chi connectivity index (χ2n) is 6.81. The van der Waals surface area contributed by atoms with Gasteiger partial charge < -0.3 is 14.4 Å². The van der Waals surface area contributed by atoms with Crippen molar-refractivity contribution in [2.24, 2.45) is 0 Å². The number of hydrogen-bond donors (Lipinski definition) is 0. The molecule has 3 rings (SSSR count). The Balaban J connectivity index is 1.73. The number of nitrogens with zero attached hydrogens (tertiary/aromatic N) is 1. The zero-order chi connectivity index (χ0) is 19.3. The SMILES string of the molecule is COC(=O)C1(c2ccccc2)CCN(C(=O)Cc2ccccc2OC)CC1. The van der Waals surface area contributed by atoms with E-state index in [9.17, 15) is 9.59 Å². The highest BCUT2D eigenvalue weighted by molar-refractivity contribution is 5.84. The molecule has 142 valence electrons. The molecule has 1 aliphatic heterocycles. The molecule has 0 aliphatic carbocycles. The first-order valence-corrected chi connectivity index (χ1v) is 9.14. The number of hydrogen-bond acceptors (Lipinski definition) is 4. The highest BCUT2D eigenvalue weighted by atomic mass is 16.5. The topological polar surface area (TPSA) is 55.8 Å². The van der Waals surface area contributed by atoms with Crippen LogP contribution in [-0.4, -0.2) is 44.1 Å². The van der Waals surface area contributed by atoms with Crippen LogP contribution in [-0.2, 0) is 26.2 Å². The van der Waals surface area contributed by atoms with Crippen molar-refractivity contribution in [3.05, 3.63) is 65.7 Å². The van der Waals surface area contributed by atoms with Gasteiger partial charge in [0.1, 0.15) is 5.75 Å². The summed E-state index contributed by atoms with van der Waals surface area (Å²) >= 11 is 0. The lowest BCUT2D eigenvalue weighted by atomic mass is 9.72. The van der Waals surface area contributed by atoms with E-state index in [4.69, 9.17) is 9.47 Å². The summed E-state index contributed by atoms with van der Waals surface area (Å²) in [7, 11) is 3.03. The van der Waals surface area contributed by atoms with Crippen LogP contribution in [0.4, 0.5) is 0 Å². The molecule has 2 aromatic rings. The maximum atomic E-state index is 12.8. The van der Waals surface area contributed by atoms with Crippen LogP contribution in [0.1, 0.15) is 24.0 Å². The molecular weight excluding hydrogens is 342 g/mol. The summed E-state index contributed by atoms with van der Waals surface area (Å²) in [6, 6.07) is 17.3. The van der Waals surface area contributed by atoms with Gasteiger partial charge in [-0.15, -0.1) is 0 Å². The maximum absolute atomic E-state index is 12.8. The second kappa shape index (κ2) is 8.25. The van der Waals surface area contributed by atoms with Crippen molar-refractivity contribution in [1.29, 1.82) is 0 Å². The second-order valence-corrected chi connectivity index (χ2v) is 6.81. The van der Waals surface area contributed by atoms with Gasteiger partial charge in [0.25, 0.3) is 0 Å². The average Bonchev–Trinajstić information content (AvgIpc) is 2.74. The van der Waals surface area contributed by atoms with E-state index in [2.05, 4.69) is 0 Å². The number of esters is 1. The van der Waals surface area contributed by atoms with Crippen LogP contribution >= 0.6 is 0 Å². The summed E-state index contributed by atoms with van der Waals surface area (Å²) in [6.45, 7) is 1.05. The molecule has 1 fully saturated rings. The Hall–Kier alpha value is -2.82. The van der Waals surface area contributed by atoms with E-state index >= 15 is 0 Å². The minimum absolute atomic E-state index is 0.0472. The highest BCUT2D eigenvalue weighted by Gasteiger charge is 2.44. The third-order valence-electron chi connectivity index (χ3n) is 5.41. The number of rotatable bonds is 5. The number of carbonyl (C=O) groups is 2. The fourth-order valence-electron chi connectivity index (χ4n) is 3.82. The van der Waals surface area contributed by atoms with Crippen LogP contribution in [0.25, 0.3) is 0 Å². The number of benzene rings is 2. The summed E-state index contributed by atoms with van der Waals surface area (Å²) in [5.41, 5.74) is 1.14. The van der Waals surface area contributed by atoms with Crippen molar-refractivity contribution in [1.82, 2.24) is 4.90 Å². The lowest BCUT2D eigenvalue weighted by Crippen LogP contribution is -2.49. The third-order valence-corrected chi connectivity index (χ3v) is 5.41. The molecule has 0 atom stereocenters. The number of amides is 1. The lowest BCUT2D eigenvalue weighted by molar-refractivity contribution is -0.151. The van der Waals surface area contributed by atoms with Gasteiger partial charge in [0, 0.05) is 18.7 Å². The van der Waals surface area contributed by atoms with Crippen molar-refractivity contribution in [3.8, 4) is 5.75 Å². The summed E-state index contributed by atoms with van der Waals surface area (Å²) in [6.07, 6.45) is 1.41. The van der Waals surface area contributed by atoms with Gasteiger partial charge in [-0.05, 0) is 24.5 Å². The number of para-hydroxylation sites is 1. The van der Waals surface area contributed by atoms with Crippen LogP contribution in [0.15, 0.2) is 54.6 Å². The first-order chi connectivity index (χ1) is 13.1. The standard InChI is InChI=1S/C22H25NO4/c1-26-19-11-7-6-8-17(19)16-20(24)23-14-12-22(13-15-23,21(25)27-2)18-9-4-3-5-10-18/h3-11H,12-16H2,1-2H3. The summed E-state index contributed by atoms with van der Waals surface area (Å²) < 4.78 is 10.4. The van der Waals surface area contributed by atoms with E-state index in [1.54, 1.807) is 7.11 Å². The van der Waals surface area contributed by atoms with Gasteiger partial charge in [-0.25, -0.2) is 0 Å². The van der Waals surface area contributed by atoms with Crippen molar-refractivity contribution in [2.45, 2.75) is 24.7 Å². The predicted molar refractivity (Wildman–Crippen MR) is 103 cm³/mol. The molecule has 1 aliphatic rings. The minimum Gasteiger partial charge on any atom is -0.496 e. The van der Waals surface area contributed by atoms with Crippen LogP contribution in [0.5, 0.6) is 5.75 Å². The van der Waals surface area contributed by atoms with Crippen LogP contribution in [0, 0.1) is 0 Å². The largest absolute Gasteiger partial charge is 0.496 e. The molecule has 1 saturated heterocycles. The average molecular weight is 367 g/mol. The van der Waals surface area contributed by atoms with E-state index in [0.717, 1.165) is 16.9 Å². The normalized spacial score (nSPS) is 15.9. The monoisotopic (exact) mass is 367 g/mol. The fraction of sp³-hybridized carbons (Fsp3) is 0.364. The van der Waals surface area contributed by atoms with E-state index in [-0.39, 0.29) is 11.9 Å². The number of piperidine rings is 1. The first kappa shape index (κ1) is 19.0. The molecule has 5 nitrogen and oxygen atoms in total. The molecule has 0 unspecified atom stereocenters. The Bertz CT molecular complexity index is 795. The van der Waals surface area contributed by atoms with E-state index in [0.29, 0.717) is 32.4 Å². The molecule has 0 spiro atoms. The fourth-order valence-corrected chi connectivity index (χ4v) is 3.82. The Labute approximate surface area is 159 Å². The van der Waals surface area contributed by atoms with Crippen molar-refractivity contribution in [3.63, 3.8) is 0 Å². The summed E-state index contributed by atoms with van der Waals surface area (Å²) in [5.74, 6) is 0.535. The van der Waals surface area contributed by atoms with Crippen LogP contribution < -0.4 is 4.74 Å². The van der Waals surface area contributed by atoms with Gasteiger partial charge >= 0.3 is 5.97 Å². The smallest absolute Gasteiger partial charge is 0.316 e. The molecule has 1 amide bonds. The molecule has 0 N–H and O–H groups in total. The van der Waals surface area contributed by atoms with E-state index in [1.165, 1.54) is 7.11 Å². The van der Waals surface area contributed by atoms with Gasteiger partial charge in [-0.2, -0.15) is 0 Å². The van der Waals surface area contributed by atoms with Crippen molar-refractivity contribution in [2.75, 3.05) is 27.3 Å². The quantitative estimate of drug-likeness (QED) is 0.763. The molecule has 0 radical (unpaired) electrons. The number of likely N-dealkylation sites (tertiary alicyclic amines) is 1. The van der Waals surface area contributed by atoms with Gasteiger partial charge in [-0.1, -0.05) is 48.5 Å². The van der Waals surface area contributed by atoms with Crippen LogP contribution in [0.2, 0.25) is 0 Å². The van der Waals surface area contributed by atoms with Gasteiger partial charge in [0.2, 0.25) is 5.91 Å². The predicted octanol–water partition coefficient (Wildman–Crippen LogP) is 2.97. The third kappa shape index (κ3) is 3.82. The number of methoxy groups -OCH3 is 2. The number of ether oxygens (including phenoxy) is 2. The zero-order valence-electron chi connectivity index (χ0n) is 15.8. The first-order valence-electron chi connectivity index (χ1n) is 9.14. The van der Waals surface area contributed by atoms with Gasteiger partial charge in [-0.3, -0.25) is 9.59 Å². The van der Waals surface area contributed by atoms with Crippen molar-refractivity contribution >= 4 is 11.9 Å². The Morgan fingerprint density at radius 2 is 1.59 bits per heavy atom. The van der Waals surface area contributed by atoms with E-state index in [1.807, 2.05) is 59.5 Å². The van der Waals surface area contributed by atoms with E-state index < -0.39 is 5.41 Å². The lowest BCUT2D eigenvalue weighted by Gasteiger charge is -2.40. The molecule has 0 bridgehead atoms. The zero-order valence-corrected chi connectivity index (χ0v) is 15.8. The molecule has 27 heavy (non-hydrogen) atoms. The number of carbonyl (C=O) groups excluding carboxylic acids is 2. The Kier molecular flexibility index (Phi) is 5.79.